The first-order valence-electron chi connectivity index (χ1n) is 11.1. The van der Waals surface area contributed by atoms with E-state index in [9.17, 15) is 9.18 Å². The molecule has 0 amide bonds. The first-order chi connectivity index (χ1) is 15.0. The van der Waals surface area contributed by atoms with E-state index in [0.29, 0.717) is 22.7 Å². The van der Waals surface area contributed by atoms with Gasteiger partial charge >= 0.3 is 0 Å². The Morgan fingerprint density at radius 3 is 2.19 bits per heavy atom. The van der Waals surface area contributed by atoms with Gasteiger partial charge in [0.15, 0.2) is 0 Å². The van der Waals surface area contributed by atoms with Crippen molar-refractivity contribution in [3.63, 3.8) is 0 Å². The standard InChI is InChI=1S/C26H31FN4O/c1-17(28-20-15-25(2,3)30-26(4,5)16-20)22-23(18-9-7-6-8-10-18)29-31(24(22)32)21-13-11-19(27)12-14-21/h6-14,20,29-30H,15-16H2,1-5H3. The number of aliphatic imine (C=N–C) groups is 1. The van der Waals surface area contributed by atoms with Gasteiger partial charge in [-0.2, -0.15) is 0 Å². The molecular formula is C26H31FN4O. The minimum atomic E-state index is -0.342. The molecule has 1 saturated heterocycles. The van der Waals surface area contributed by atoms with Gasteiger partial charge in [0, 0.05) is 22.4 Å². The second-order valence-electron chi connectivity index (χ2n) is 10.0. The third-order valence-corrected chi connectivity index (χ3v) is 5.94. The molecule has 1 aliphatic rings. The summed E-state index contributed by atoms with van der Waals surface area (Å²) in [5.74, 6) is -0.342. The van der Waals surface area contributed by atoms with E-state index < -0.39 is 0 Å². The molecule has 2 aromatic carbocycles. The number of piperidine rings is 1. The van der Waals surface area contributed by atoms with E-state index in [1.807, 2.05) is 37.3 Å². The highest BCUT2D eigenvalue weighted by Gasteiger charge is 2.37. The number of benzene rings is 2. The SMILES string of the molecule is CC(=NC1CC(C)(C)NC(C)(C)C1)c1c(-c2ccccc2)[nH]n(-c2ccc(F)cc2)c1=O. The second kappa shape index (κ2) is 8.17. The van der Waals surface area contributed by atoms with Crippen LogP contribution in [0.15, 0.2) is 64.4 Å². The Bertz CT molecular complexity index is 1170. The van der Waals surface area contributed by atoms with E-state index in [1.54, 1.807) is 12.1 Å². The summed E-state index contributed by atoms with van der Waals surface area (Å²) in [6, 6.07) is 15.8. The average Bonchev–Trinajstić information content (AvgIpc) is 3.04. The highest BCUT2D eigenvalue weighted by atomic mass is 19.1. The summed E-state index contributed by atoms with van der Waals surface area (Å²) in [7, 11) is 0. The van der Waals surface area contributed by atoms with Crippen molar-refractivity contribution >= 4 is 5.71 Å². The number of nitrogens with one attached hydrogen (secondary N) is 2. The lowest BCUT2D eigenvalue weighted by Gasteiger charge is -2.45. The Balaban J connectivity index is 1.82. The molecule has 0 aliphatic carbocycles. The molecule has 1 fully saturated rings. The highest BCUT2D eigenvalue weighted by molar-refractivity contribution is 6.03. The quantitative estimate of drug-likeness (QED) is 0.562. The molecule has 0 spiro atoms. The number of aromatic amines is 1. The van der Waals surface area contributed by atoms with Crippen molar-refractivity contribution in [2.24, 2.45) is 4.99 Å². The molecular weight excluding hydrogens is 403 g/mol. The van der Waals surface area contributed by atoms with Gasteiger partial charge in [0.2, 0.25) is 0 Å². The molecule has 0 saturated carbocycles. The zero-order chi connectivity index (χ0) is 23.1. The average molecular weight is 435 g/mol. The first kappa shape index (κ1) is 22.2. The zero-order valence-corrected chi connectivity index (χ0v) is 19.4. The van der Waals surface area contributed by atoms with E-state index in [0.717, 1.165) is 18.4 Å². The van der Waals surface area contributed by atoms with Gasteiger partial charge in [-0.05, 0) is 71.7 Å². The fourth-order valence-electron chi connectivity index (χ4n) is 5.06. The third-order valence-electron chi connectivity index (χ3n) is 5.94. The lowest BCUT2D eigenvalue weighted by Crippen LogP contribution is -2.58. The molecule has 168 valence electrons. The molecule has 1 aromatic heterocycles. The van der Waals surface area contributed by atoms with E-state index in [4.69, 9.17) is 4.99 Å². The summed E-state index contributed by atoms with van der Waals surface area (Å²) in [6.45, 7) is 10.7. The minimum absolute atomic E-state index is 0.0368. The molecule has 32 heavy (non-hydrogen) atoms. The lowest BCUT2D eigenvalue weighted by atomic mass is 9.80. The maximum absolute atomic E-state index is 13.5. The van der Waals surface area contributed by atoms with Crippen molar-refractivity contribution < 1.29 is 4.39 Å². The smallest absolute Gasteiger partial charge is 0.280 e. The maximum Gasteiger partial charge on any atom is 0.280 e. The lowest BCUT2D eigenvalue weighted by molar-refractivity contribution is 0.164. The molecule has 0 atom stereocenters. The van der Waals surface area contributed by atoms with Gasteiger partial charge in [0.05, 0.1) is 23.0 Å². The molecule has 1 aliphatic heterocycles. The molecule has 3 aromatic rings. The van der Waals surface area contributed by atoms with Gasteiger partial charge in [-0.25, -0.2) is 9.07 Å². The predicted molar refractivity (Wildman–Crippen MR) is 128 cm³/mol. The Labute approximate surface area is 188 Å². The fraction of sp³-hybridized carbons (Fsp3) is 0.385. The summed E-state index contributed by atoms with van der Waals surface area (Å²) in [6.07, 6.45) is 1.79. The number of nitrogens with zero attached hydrogens (tertiary/aromatic N) is 2. The molecule has 4 rings (SSSR count). The van der Waals surface area contributed by atoms with E-state index in [-0.39, 0.29) is 28.5 Å². The Kier molecular flexibility index (Phi) is 5.67. The fourth-order valence-corrected chi connectivity index (χ4v) is 5.06. The van der Waals surface area contributed by atoms with Crippen LogP contribution in [0.3, 0.4) is 0 Å². The highest BCUT2D eigenvalue weighted by Crippen LogP contribution is 2.31. The van der Waals surface area contributed by atoms with Gasteiger partial charge in [0.25, 0.3) is 5.56 Å². The van der Waals surface area contributed by atoms with Crippen LogP contribution in [0.1, 0.15) is 53.0 Å². The summed E-state index contributed by atoms with van der Waals surface area (Å²) in [5.41, 5.74) is 3.20. The van der Waals surface area contributed by atoms with Crippen LogP contribution >= 0.6 is 0 Å². The van der Waals surface area contributed by atoms with Crippen LogP contribution in [0.25, 0.3) is 16.9 Å². The Hall–Kier alpha value is -2.99. The first-order valence-corrected chi connectivity index (χ1v) is 11.1. The summed E-state index contributed by atoms with van der Waals surface area (Å²) < 4.78 is 14.9. The van der Waals surface area contributed by atoms with Crippen molar-refractivity contribution in [3.8, 4) is 16.9 Å². The van der Waals surface area contributed by atoms with E-state index in [2.05, 4.69) is 38.1 Å². The molecule has 5 nitrogen and oxygen atoms in total. The largest absolute Gasteiger partial charge is 0.307 e. The monoisotopic (exact) mass is 434 g/mol. The molecule has 6 heteroatoms. The zero-order valence-electron chi connectivity index (χ0n) is 19.4. The number of halogens is 1. The van der Waals surface area contributed by atoms with Crippen LogP contribution in [0.2, 0.25) is 0 Å². The van der Waals surface area contributed by atoms with Gasteiger partial charge in [-0.1, -0.05) is 30.3 Å². The number of H-pyrrole nitrogens is 1. The van der Waals surface area contributed by atoms with Gasteiger partial charge in [-0.3, -0.25) is 14.9 Å². The van der Waals surface area contributed by atoms with Crippen LogP contribution in [0.4, 0.5) is 4.39 Å². The van der Waals surface area contributed by atoms with Crippen molar-refractivity contribution in [2.45, 2.75) is 64.6 Å². The van der Waals surface area contributed by atoms with Gasteiger partial charge in [0.1, 0.15) is 5.82 Å². The third kappa shape index (κ3) is 4.60. The van der Waals surface area contributed by atoms with Gasteiger partial charge < -0.3 is 5.32 Å². The van der Waals surface area contributed by atoms with Crippen molar-refractivity contribution in [1.82, 2.24) is 15.1 Å². The molecule has 0 unspecified atom stereocenters. The van der Waals surface area contributed by atoms with Crippen molar-refractivity contribution in [1.29, 1.82) is 0 Å². The molecule has 0 bridgehead atoms. The van der Waals surface area contributed by atoms with Crippen LogP contribution in [0.5, 0.6) is 0 Å². The molecule has 2 N–H and O–H groups in total. The van der Waals surface area contributed by atoms with Crippen molar-refractivity contribution in [2.75, 3.05) is 0 Å². The van der Waals surface area contributed by atoms with E-state index in [1.165, 1.54) is 16.8 Å². The van der Waals surface area contributed by atoms with Crippen LogP contribution in [0, 0.1) is 5.82 Å². The predicted octanol–water partition coefficient (Wildman–Crippen LogP) is 5.09. The topological polar surface area (TPSA) is 62.2 Å². The minimum Gasteiger partial charge on any atom is -0.307 e. The van der Waals surface area contributed by atoms with Gasteiger partial charge in [-0.15, -0.1) is 0 Å². The summed E-state index contributed by atoms with van der Waals surface area (Å²) in [5, 5.41) is 6.92. The van der Waals surface area contributed by atoms with Crippen molar-refractivity contribution in [3.05, 3.63) is 76.3 Å². The Morgan fingerprint density at radius 2 is 1.59 bits per heavy atom. The van der Waals surface area contributed by atoms with Crippen LogP contribution in [-0.4, -0.2) is 32.6 Å². The number of rotatable bonds is 4. The van der Waals surface area contributed by atoms with Crippen LogP contribution < -0.4 is 10.9 Å². The second-order valence-corrected chi connectivity index (χ2v) is 10.0. The number of hydrogen-bond acceptors (Lipinski definition) is 3. The number of hydrogen-bond donors (Lipinski definition) is 2. The maximum atomic E-state index is 13.5. The van der Waals surface area contributed by atoms with E-state index >= 15 is 0 Å². The summed E-state index contributed by atoms with van der Waals surface area (Å²) >= 11 is 0. The Morgan fingerprint density at radius 1 is 1.00 bits per heavy atom. The van der Waals surface area contributed by atoms with Crippen LogP contribution in [-0.2, 0) is 0 Å². The normalized spacial score (nSPS) is 18.6. The molecule has 0 radical (unpaired) electrons. The summed E-state index contributed by atoms with van der Waals surface area (Å²) in [4.78, 5) is 18.6. The molecule has 2 heterocycles. The number of aromatic nitrogens is 2.